The number of ether oxygens (including phenoxy) is 1. The smallest absolute Gasteiger partial charge is 0.229 e. The van der Waals surface area contributed by atoms with Crippen LogP contribution in [0.15, 0.2) is 30.3 Å². The van der Waals surface area contributed by atoms with E-state index < -0.39 is 6.10 Å². The van der Waals surface area contributed by atoms with Gasteiger partial charge in [-0.15, -0.1) is 0 Å². The summed E-state index contributed by atoms with van der Waals surface area (Å²) in [5.41, 5.74) is 6.36. The molecule has 0 unspecified atom stereocenters. The minimum Gasteiger partial charge on any atom is -0.365 e. The van der Waals surface area contributed by atoms with E-state index in [9.17, 15) is 4.79 Å². The molecule has 3 nitrogen and oxygen atoms in total. The average molecular weight is 192 g/mol. The van der Waals surface area contributed by atoms with Gasteiger partial charge in [0.2, 0.25) is 6.29 Å². The van der Waals surface area contributed by atoms with E-state index in [1.807, 2.05) is 36.6 Å². The van der Waals surface area contributed by atoms with Crippen molar-refractivity contribution in [3.05, 3.63) is 35.9 Å². The summed E-state index contributed by atoms with van der Waals surface area (Å²) >= 11 is 0. The zero-order valence-electron chi connectivity index (χ0n) is 7.98. The fraction of sp³-hybridized carbons (Fsp3) is 0.364. The summed E-state index contributed by atoms with van der Waals surface area (Å²) < 4.78 is 5.31. The molecule has 0 aliphatic carbocycles. The van der Waals surface area contributed by atoms with Crippen LogP contribution in [-0.2, 0) is 16.1 Å². The Labute approximate surface area is 83.9 Å². The van der Waals surface area contributed by atoms with E-state index in [1.54, 1.807) is 0 Å². The molecule has 0 bridgehead atoms. The minimum atomic E-state index is -0.500. The quantitative estimate of drug-likeness (QED) is 0.732. The molecule has 1 aromatic carbocycles. The van der Waals surface area contributed by atoms with Crippen molar-refractivity contribution < 1.29 is 9.53 Å². The lowest BCUT2D eigenvalue weighted by atomic mass is 10.2. The predicted octanol–water partition coefficient (Wildman–Crippen LogP) is 1.03. The normalized spacial score (nSPS) is 12.4. The van der Waals surface area contributed by atoms with E-state index in [-0.39, 0.29) is 0 Å². The molecule has 0 fully saturated rings. The SMILES string of the molecule is NCC[C@@H]([C]=O)OCc1ccccc1. The molecule has 3 heteroatoms. The van der Waals surface area contributed by atoms with Crippen molar-refractivity contribution in [1.29, 1.82) is 0 Å². The monoisotopic (exact) mass is 192 g/mol. The van der Waals surface area contributed by atoms with Crippen molar-refractivity contribution >= 4 is 6.29 Å². The molecule has 14 heavy (non-hydrogen) atoms. The van der Waals surface area contributed by atoms with Gasteiger partial charge in [-0.05, 0) is 18.5 Å². The lowest BCUT2D eigenvalue weighted by Crippen LogP contribution is -2.18. The molecular formula is C11H14NO2. The topological polar surface area (TPSA) is 52.3 Å². The number of hydrogen-bond donors (Lipinski definition) is 1. The van der Waals surface area contributed by atoms with Crippen molar-refractivity contribution in [2.24, 2.45) is 5.73 Å². The highest BCUT2D eigenvalue weighted by Crippen LogP contribution is 2.03. The maximum Gasteiger partial charge on any atom is 0.229 e. The predicted molar refractivity (Wildman–Crippen MR) is 54.4 cm³/mol. The van der Waals surface area contributed by atoms with Crippen LogP contribution in [-0.4, -0.2) is 18.9 Å². The first kappa shape index (κ1) is 10.9. The van der Waals surface area contributed by atoms with Gasteiger partial charge in [0.15, 0.2) is 0 Å². The second-order valence-electron chi connectivity index (χ2n) is 2.98. The van der Waals surface area contributed by atoms with Crippen LogP contribution in [0, 0.1) is 0 Å². The zero-order valence-corrected chi connectivity index (χ0v) is 7.98. The summed E-state index contributed by atoms with van der Waals surface area (Å²) in [5, 5.41) is 0. The highest BCUT2D eigenvalue weighted by Gasteiger charge is 2.06. The van der Waals surface area contributed by atoms with Gasteiger partial charge < -0.3 is 10.5 Å². The molecule has 1 rings (SSSR count). The first-order valence-corrected chi connectivity index (χ1v) is 4.60. The molecule has 0 amide bonds. The molecule has 0 saturated carbocycles. The van der Waals surface area contributed by atoms with Crippen molar-refractivity contribution in [1.82, 2.24) is 0 Å². The minimum absolute atomic E-state index is 0.431. The lowest BCUT2D eigenvalue weighted by Gasteiger charge is -2.09. The van der Waals surface area contributed by atoms with Gasteiger partial charge in [-0.3, -0.25) is 4.79 Å². The highest BCUT2D eigenvalue weighted by atomic mass is 16.5. The summed E-state index contributed by atoms with van der Waals surface area (Å²) in [4.78, 5) is 10.4. The summed E-state index contributed by atoms with van der Waals surface area (Å²) in [6.45, 7) is 0.870. The molecule has 0 aliphatic rings. The lowest BCUT2D eigenvalue weighted by molar-refractivity contribution is 0.0785. The first-order valence-electron chi connectivity index (χ1n) is 4.60. The molecule has 0 aromatic heterocycles. The van der Waals surface area contributed by atoms with Crippen molar-refractivity contribution in [2.45, 2.75) is 19.1 Å². The molecule has 0 aliphatic heterocycles. The van der Waals surface area contributed by atoms with Gasteiger partial charge in [0.1, 0.15) is 6.10 Å². The number of nitrogens with two attached hydrogens (primary N) is 1. The Hall–Kier alpha value is -1.19. The first-order chi connectivity index (χ1) is 6.86. The molecule has 75 valence electrons. The maximum atomic E-state index is 10.4. The van der Waals surface area contributed by atoms with Gasteiger partial charge in [-0.2, -0.15) is 0 Å². The Morgan fingerprint density at radius 1 is 1.36 bits per heavy atom. The van der Waals surface area contributed by atoms with Gasteiger partial charge in [0.05, 0.1) is 6.61 Å². The summed E-state index contributed by atoms with van der Waals surface area (Å²) in [5.74, 6) is 0. The number of carbonyl (C=O) groups excluding carboxylic acids is 1. The molecular weight excluding hydrogens is 178 g/mol. The van der Waals surface area contributed by atoms with Crippen LogP contribution in [0.25, 0.3) is 0 Å². The van der Waals surface area contributed by atoms with Crippen LogP contribution in [0.2, 0.25) is 0 Å². The van der Waals surface area contributed by atoms with Crippen LogP contribution in [0.5, 0.6) is 0 Å². The number of hydrogen-bond acceptors (Lipinski definition) is 3. The van der Waals surface area contributed by atoms with Crippen LogP contribution >= 0.6 is 0 Å². The van der Waals surface area contributed by atoms with Crippen LogP contribution in [0.4, 0.5) is 0 Å². The fourth-order valence-electron chi connectivity index (χ4n) is 1.10. The van der Waals surface area contributed by atoms with Gasteiger partial charge >= 0.3 is 0 Å². The summed E-state index contributed by atoms with van der Waals surface area (Å²) in [6, 6.07) is 9.70. The molecule has 2 N–H and O–H groups in total. The maximum absolute atomic E-state index is 10.4. The van der Waals surface area contributed by atoms with Gasteiger partial charge in [-0.1, -0.05) is 30.3 Å². The van der Waals surface area contributed by atoms with Crippen molar-refractivity contribution in [3.8, 4) is 0 Å². The Morgan fingerprint density at radius 2 is 2.07 bits per heavy atom. The molecule has 1 radical (unpaired) electrons. The second kappa shape index (κ2) is 6.29. The Kier molecular flexibility index (Phi) is 4.89. The number of rotatable bonds is 6. The van der Waals surface area contributed by atoms with Gasteiger partial charge in [0.25, 0.3) is 0 Å². The van der Waals surface area contributed by atoms with E-state index in [2.05, 4.69) is 0 Å². The summed E-state index contributed by atoms with van der Waals surface area (Å²) in [7, 11) is 0. The van der Waals surface area contributed by atoms with Crippen LogP contribution < -0.4 is 5.73 Å². The van der Waals surface area contributed by atoms with E-state index >= 15 is 0 Å². The molecule has 0 spiro atoms. The standard InChI is InChI=1S/C11H14NO2/c12-7-6-11(8-13)14-9-10-4-2-1-3-5-10/h1-5,11H,6-7,9,12H2/t11-/m0/s1. The third kappa shape index (κ3) is 3.68. The van der Waals surface area contributed by atoms with Crippen LogP contribution in [0.1, 0.15) is 12.0 Å². The Morgan fingerprint density at radius 3 is 2.64 bits per heavy atom. The van der Waals surface area contributed by atoms with E-state index in [1.165, 1.54) is 0 Å². The molecule has 1 aromatic rings. The third-order valence-corrected chi connectivity index (χ3v) is 1.85. The van der Waals surface area contributed by atoms with Crippen molar-refractivity contribution in [3.63, 3.8) is 0 Å². The molecule has 1 atom stereocenters. The van der Waals surface area contributed by atoms with Gasteiger partial charge in [-0.25, -0.2) is 0 Å². The second-order valence-corrected chi connectivity index (χ2v) is 2.98. The van der Waals surface area contributed by atoms with Crippen molar-refractivity contribution in [2.75, 3.05) is 6.54 Å². The number of benzene rings is 1. The highest BCUT2D eigenvalue weighted by molar-refractivity contribution is 5.56. The summed E-state index contributed by atoms with van der Waals surface area (Å²) in [6.07, 6.45) is 1.85. The van der Waals surface area contributed by atoms with Crippen LogP contribution in [0.3, 0.4) is 0 Å². The third-order valence-electron chi connectivity index (χ3n) is 1.85. The van der Waals surface area contributed by atoms with E-state index in [4.69, 9.17) is 10.5 Å². The zero-order chi connectivity index (χ0) is 10.2. The molecule has 0 heterocycles. The van der Waals surface area contributed by atoms with E-state index in [0.29, 0.717) is 19.6 Å². The Balaban J connectivity index is 2.35. The average Bonchev–Trinajstić information content (AvgIpc) is 2.25. The van der Waals surface area contributed by atoms with E-state index in [0.717, 1.165) is 5.56 Å². The Bertz CT molecular complexity index is 261. The van der Waals surface area contributed by atoms with Gasteiger partial charge in [0, 0.05) is 0 Å². The fourth-order valence-corrected chi connectivity index (χ4v) is 1.10. The molecule has 0 saturated heterocycles. The largest absolute Gasteiger partial charge is 0.365 e.